The van der Waals surface area contributed by atoms with Crippen molar-refractivity contribution in [2.24, 2.45) is 10.7 Å². The average molecular weight is 351 g/mol. The molecule has 0 unspecified atom stereocenters. The minimum atomic E-state index is -0.122. The first-order valence-electron chi connectivity index (χ1n) is 8.24. The number of fused-ring (bicyclic) bond motifs is 1. The summed E-state index contributed by atoms with van der Waals surface area (Å²) in [6.45, 7) is 2.26. The minimum Gasteiger partial charge on any atom is -0.496 e. The zero-order valence-corrected chi connectivity index (χ0v) is 14.8. The molecule has 3 N–H and O–H groups in total. The maximum Gasteiger partial charge on any atom is 0.221 e. The normalized spacial score (nSPS) is 13.8. The number of hydrogen-bond donors (Lipinski definition) is 2. The van der Waals surface area contributed by atoms with E-state index in [4.69, 9.17) is 15.2 Å². The lowest BCUT2D eigenvalue weighted by atomic mass is 10.1. The van der Waals surface area contributed by atoms with Crippen LogP contribution in [0.4, 0.5) is 5.69 Å². The predicted octanol–water partition coefficient (Wildman–Crippen LogP) is 2.99. The summed E-state index contributed by atoms with van der Waals surface area (Å²) >= 11 is 0. The van der Waals surface area contributed by atoms with Crippen molar-refractivity contribution in [3.63, 3.8) is 0 Å². The second kappa shape index (κ2) is 7.74. The highest BCUT2D eigenvalue weighted by atomic mass is 16.5. The molecule has 0 atom stereocenters. The van der Waals surface area contributed by atoms with Crippen molar-refractivity contribution in [2.75, 3.05) is 19.0 Å². The van der Waals surface area contributed by atoms with Gasteiger partial charge in [0.2, 0.25) is 5.91 Å². The number of carbonyl (C=O) groups is 1. The summed E-state index contributed by atoms with van der Waals surface area (Å²) in [7, 11) is 1.61. The SMILES string of the molecule is COc1ccccc1C(N)=CC1=NCc2ccc(NC(C)=O)cc2OC1. The third kappa shape index (κ3) is 4.03. The van der Waals surface area contributed by atoms with Gasteiger partial charge in [-0.1, -0.05) is 18.2 Å². The van der Waals surface area contributed by atoms with Crippen LogP contribution in [0.1, 0.15) is 18.1 Å². The van der Waals surface area contributed by atoms with Gasteiger partial charge in [0, 0.05) is 35.5 Å². The molecule has 0 aliphatic carbocycles. The molecule has 1 aliphatic heterocycles. The fraction of sp³-hybridized carbons (Fsp3) is 0.200. The lowest BCUT2D eigenvalue weighted by Gasteiger charge is -2.10. The Morgan fingerprint density at radius 2 is 2.12 bits per heavy atom. The van der Waals surface area contributed by atoms with Crippen LogP contribution in [-0.4, -0.2) is 25.3 Å². The highest BCUT2D eigenvalue weighted by molar-refractivity contribution is 6.02. The molecule has 134 valence electrons. The molecule has 0 bridgehead atoms. The number of carbonyl (C=O) groups excluding carboxylic acids is 1. The predicted molar refractivity (Wildman–Crippen MR) is 103 cm³/mol. The number of benzene rings is 2. The number of nitrogens with one attached hydrogen (secondary N) is 1. The number of rotatable bonds is 4. The molecule has 0 saturated heterocycles. The van der Waals surface area contributed by atoms with Crippen LogP contribution in [0.2, 0.25) is 0 Å². The number of amides is 1. The van der Waals surface area contributed by atoms with Gasteiger partial charge in [-0.25, -0.2) is 0 Å². The van der Waals surface area contributed by atoms with E-state index in [1.165, 1.54) is 6.92 Å². The van der Waals surface area contributed by atoms with Gasteiger partial charge in [0.05, 0.1) is 19.4 Å². The molecule has 1 heterocycles. The van der Waals surface area contributed by atoms with Gasteiger partial charge in [0.25, 0.3) is 0 Å². The molecule has 2 aromatic carbocycles. The maximum absolute atomic E-state index is 11.2. The molecular formula is C20H21N3O3. The molecule has 26 heavy (non-hydrogen) atoms. The van der Waals surface area contributed by atoms with Gasteiger partial charge in [-0.05, 0) is 24.3 Å². The number of para-hydroxylation sites is 1. The van der Waals surface area contributed by atoms with E-state index in [2.05, 4.69) is 10.3 Å². The second-order valence-corrected chi connectivity index (χ2v) is 5.90. The molecule has 0 fully saturated rings. The van der Waals surface area contributed by atoms with Crippen molar-refractivity contribution in [1.82, 2.24) is 0 Å². The zero-order chi connectivity index (χ0) is 18.5. The van der Waals surface area contributed by atoms with Gasteiger partial charge in [0.15, 0.2) is 0 Å². The van der Waals surface area contributed by atoms with E-state index in [9.17, 15) is 4.79 Å². The fourth-order valence-electron chi connectivity index (χ4n) is 2.71. The summed E-state index contributed by atoms with van der Waals surface area (Å²) in [6.07, 6.45) is 1.80. The van der Waals surface area contributed by atoms with Crippen LogP contribution in [0.3, 0.4) is 0 Å². The average Bonchev–Trinajstić information content (AvgIpc) is 2.83. The molecule has 0 saturated carbocycles. The van der Waals surface area contributed by atoms with E-state index in [-0.39, 0.29) is 5.91 Å². The highest BCUT2D eigenvalue weighted by Crippen LogP contribution is 2.27. The smallest absolute Gasteiger partial charge is 0.221 e. The van der Waals surface area contributed by atoms with E-state index in [1.807, 2.05) is 42.5 Å². The van der Waals surface area contributed by atoms with E-state index in [1.54, 1.807) is 13.2 Å². The van der Waals surface area contributed by atoms with Crippen LogP contribution in [0.15, 0.2) is 53.5 Å². The summed E-state index contributed by atoms with van der Waals surface area (Å²) in [4.78, 5) is 15.8. The van der Waals surface area contributed by atoms with Crippen molar-refractivity contribution >= 4 is 23.0 Å². The van der Waals surface area contributed by atoms with Gasteiger partial charge < -0.3 is 20.5 Å². The summed E-state index contributed by atoms with van der Waals surface area (Å²) in [5.41, 5.74) is 10.0. The van der Waals surface area contributed by atoms with Gasteiger partial charge in [-0.3, -0.25) is 9.79 Å². The molecule has 0 spiro atoms. The number of methoxy groups -OCH3 is 1. The Labute approximate surface area is 152 Å². The first kappa shape index (κ1) is 17.5. The summed E-state index contributed by atoms with van der Waals surface area (Å²) in [5.74, 6) is 1.29. The Morgan fingerprint density at radius 1 is 1.31 bits per heavy atom. The number of ether oxygens (including phenoxy) is 2. The largest absolute Gasteiger partial charge is 0.496 e. The summed E-state index contributed by atoms with van der Waals surface area (Å²) < 4.78 is 11.2. The molecule has 6 heteroatoms. The number of anilines is 1. The third-order valence-corrected chi connectivity index (χ3v) is 3.96. The van der Waals surface area contributed by atoms with Crippen LogP contribution in [0, 0.1) is 0 Å². The lowest BCUT2D eigenvalue weighted by Crippen LogP contribution is -2.11. The van der Waals surface area contributed by atoms with Crippen LogP contribution >= 0.6 is 0 Å². The van der Waals surface area contributed by atoms with E-state index in [0.29, 0.717) is 36.0 Å². The molecule has 0 radical (unpaired) electrons. The highest BCUT2D eigenvalue weighted by Gasteiger charge is 2.13. The van der Waals surface area contributed by atoms with Crippen molar-refractivity contribution in [2.45, 2.75) is 13.5 Å². The topological polar surface area (TPSA) is 85.9 Å². The van der Waals surface area contributed by atoms with Gasteiger partial charge >= 0.3 is 0 Å². The van der Waals surface area contributed by atoms with Crippen LogP contribution in [0.25, 0.3) is 5.70 Å². The monoisotopic (exact) mass is 351 g/mol. The number of nitrogens with zero attached hydrogens (tertiary/aromatic N) is 1. The van der Waals surface area contributed by atoms with Gasteiger partial charge in [-0.2, -0.15) is 0 Å². The van der Waals surface area contributed by atoms with E-state index in [0.717, 1.165) is 16.8 Å². The van der Waals surface area contributed by atoms with Crippen molar-refractivity contribution in [3.8, 4) is 11.5 Å². The van der Waals surface area contributed by atoms with Crippen molar-refractivity contribution in [3.05, 3.63) is 59.7 Å². The van der Waals surface area contributed by atoms with Gasteiger partial charge in [-0.15, -0.1) is 0 Å². The van der Waals surface area contributed by atoms with Crippen LogP contribution in [-0.2, 0) is 11.3 Å². The molecule has 6 nitrogen and oxygen atoms in total. The molecule has 1 amide bonds. The van der Waals surface area contributed by atoms with Crippen LogP contribution < -0.4 is 20.5 Å². The molecule has 1 aliphatic rings. The second-order valence-electron chi connectivity index (χ2n) is 5.90. The quantitative estimate of drug-likeness (QED) is 0.887. The Hall–Kier alpha value is -3.28. The number of hydrogen-bond acceptors (Lipinski definition) is 5. The van der Waals surface area contributed by atoms with Crippen molar-refractivity contribution in [1.29, 1.82) is 0 Å². The zero-order valence-electron chi connectivity index (χ0n) is 14.8. The molecule has 0 aromatic heterocycles. The van der Waals surface area contributed by atoms with E-state index >= 15 is 0 Å². The summed E-state index contributed by atoms with van der Waals surface area (Å²) in [5, 5.41) is 2.75. The maximum atomic E-state index is 11.2. The van der Waals surface area contributed by atoms with E-state index < -0.39 is 0 Å². The standard InChI is InChI=1S/C20H21N3O3/c1-13(24)23-15-8-7-14-11-22-16(12-26-20(14)10-15)9-18(21)17-5-3-4-6-19(17)25-2/h3-10H,11-12,21H2,1-2H3,(H,23,24). The number of nitrogens with two attached hydrogens (primary N) is 1. The molecule has 2 aromatic rings. The Bertz CT molecular complexity index is 888. The fourth-order valence-corrected chi connectivity index (χ4v) is 2.71. The molecular weight excluding hydrogens is 330 g/mol. The van der Waals surface area contributed by atoms with Crippen LogP contribution in [0.5, 0.6) is 11.5 Å². The van der Waals surface area contributed by atoms with Gasteiger partial charge in [0.1, 0.15) is 18.1 Å². The first-order chi connectivity index (χ1) is 12.6. The van der Waals surface area contributed by atoms with Crippen molar-refractivity contribution < 1.29 is 14.3 Å². The minimum absolute atomic E-state index is 0.122. The Kier molecular flexibility index (Phi) is 5.22. The Balaban J connectivity index is 1.79. The first-order valence-corrected chi connectivity index (χ1v) is 8.24. The lowest BCUT2D eigenvalue weighted by molar-refractivity contribution is -0.114. The third-order valence-electron chi connectivity index (χ3n) is 3.96. The Morgan fingerprint density at radius 3 is 2.88 bits per heavy atom. The summed E-state index contributed by atoms with van der Waals surface area (Å²) in [6, 6.07) is 13.1. The number of aliphatic imine (C=N–C) groups is 1. The molecule has 3 rings (SSSR count).